The predicted octanol–water partition coefficient (Wildman–Crippen LogP) is 0.635. The van der Waals surface area contributed by atoms with Crippen molar-refractivity contribution < 1.29 is 9.59 Å². The van der Waals surface area contributed by atoms with E-state index in [9.17, 15) is 9.59 Å². The first kappa shape index (κ1) is 9.64. The topological polar surface area (TPSA) is 70.0 Å². The molecule has 1 aliphatic heterocycles. The lowest BCUT2D eigenvalue weighted by Crippen LogP contribution is -2.40. The first-order chi connectivity index (χ1) is 6.00. The summed E-state index contributed by atoms with van der Waals surface area (Å²) in [6.45, 7) is 3.84. The van der Waals surface area contributed by atoms with E-state index in [1.165, 1.54) is 0 Å². The van der Waals surface area contributed by atoms with Gasteiger partial charge in [0.25, 0.3) is 5.91 Å². The molecule has 0 aromatic heterocycles. The number of amides is 2. The van der Waals surface area contributed by atoms with Crippen LogP contribution in [0.3, 0.4) is 0 Å². The number of carbonyl (C=O) groups excluding carboxylic acids is 2. The van der Waals surface area contributed by atoms with Crippen molar-refractivity contribution in [1.29, 1.82) is 5.41 Å². The van der Waals surface area contributed by atoms with Crippen molar-refractivity contribution in [2.24, 2.45) is 5.92 Å². The third-order valence-electron chi connectivity index (χ3n) is 1.66. The average Bonchev–Trinajstić information content (AvgIpc) is 1.96. The summed E-state index contributed by atoms with van der Waals surface area (Å²) in [5, 5.41) is 9.63. The van der Waals surface area contributed by atoms with Crippen LogP contribution in [-0.4, -0.2) is 17.5 Å². The zero-order valence-corrected chi connectivity index (χ0v) is 7.68. The molecule has 0 unspecified atom stereocenters. The Labute approximate surface area is 76.5 Å². The van der Waals surface area contributed by atoms with E-state index in [4.69, 9.17) is 5.41 Å². The second-order valence-electron chi connectivity index (χ2n) is 3.36. The van der Waals surface area contributed by atoms with Gasteiger partial charge >= 0.3 is 0 Å². The molecule has 0 bridgehead atoms. The number of hydrogen-bond acceptors (Lipinski definition) is 3. The molecule has 0 saturated carbocycles. The highest BCUT2D eigenvalue weighted by molar-refractivity contribution is 6.31. The lowest BCUT2D eigenvalue weighted by Gasteiger charge is -2.15. The van der Waals surface area contributed by atoms with Crippen LogP contribution < -0.4 is 5.32 Å². The molecule has 1 fully saturated rings. The first-order valence-electron chi connectivity index (χ1n) is 4.14. The molecule has 1 saturated heterocycles. The number of nitrogens with one attached hydrogen (secondary N) is 2. The van der Waals surface area contributed by atoms with Gasteiger partial charge in [-0.25, -0.2) is 0 Å². The lowest BCUT2D eigenvalue weighted by atomic mass is 9.99. The van der Waals surface area contributed by atoms with Gasteiger partial charge in [0.2, 0.25) is 5.91 Å². The molecular formula is C9H12N2O2. The minimum absolute atomic E-state index is 0.00426. The fourth-order valence-electron chi connectivity index (χ4n) is 1.14. The molecule has 0 aromatic carbocycles. The molecule has 2 amide bonds. The van der Waals surface area contributed by atoms with E-state index in [2.05, 4.69) is 5.32 Å². The molecule has 0 atom stereocenters. The molecule has 0 aliphatic carbocycles. The maximum atomic E-state index is 11.2. The fraction of sp³-hybridized carbons (Fsp3) is 0.444. The quantitative estimate of drug-likeness (QED) is 0.459. The molecule has 13 heavy (non-hydrogen) atoms. The maximum absolute atomic E-state index is 11.2. The molecule has 0 aromatic rings. The Kier molecular flexibility index (Phi) is 2.60. The Morgan fingerprint density at radius 3 is 2.54 bits per heavy atom. The summed E-state index contributed by atoms with van der Waals surface area (Å²) in [6, 6.07) is 0. The van der Waals surface area contributed by atoms with E-state index in [-0.39, 0.29) is 18.1 Å². The molecule has 1 heterocycles. The van der Waals surface area contributed by atoms with E-state index in [0.29, 0.717) is 5.57 Å². The Bertz CT molecular complexity index is 281. The molecule has 70 valence electrons. The molecule has 1 aliphatic rings. The third kappa shape index (κ3) is 2.24. The fourth-order valence-corrected chi connectivity index (χ4v) is 1.14. The Hall–Kier alpha value is -1.45. The van der Waals surface area contributed by atoms with Crippen molar-refractivity contribution in [3.05, 3.63) is 11.6 Å². The summed E-state index contributed by atoms with van der Waals surface area (Å²) >= 11 is 0. The van der Waals surface area contributed by atoms with Gasteiger partial charge in [0.15, 0.2) is 0 Å². The van der Waals surface area contributed by atoms with E-state index >= 15 is 0 Å². The Balaban J connectivity index is 2.91. The first-order valence-corrected chi connectivity index (χ1v) is 4.14. The van der Waals surface area contributed by atoms with Crippen molar-refractivity contribution >= 4 is 17.5 Å². The molecule has 2 N–H and O–H groups in total. The monoisotopic (exact) mass is 180 g/mol. The number of hydrogen-bond donors (Lipinski definition) is 2. The lowest BCUT2D eigenvalue weighted by molar-refractivity contribution is -0.128. The van der Waals surface area contributed by atoms with Gasteiger partial charge in [0, 0.05) is 0 Å². The van der Waals surface area contributed by atoms with Crippen molar-refractivity contribution in [2.45, 2.75) is 20.3 Å². The van der Waals surface area contributed by atoms with Crippen LogP contribution in [0.2, 0.25) is 0 Å². The second-order valence-corrected chi connectivity index (χ2v) is 3.36. The van der Waals surface area contributed by atoms with Crippen LogP contribution in [0, 0.1) is 11.3 Å². The maximum Gasteiger partial charge on any atom is 0.259 e. The summed E-state index contributed by atoms with van der Waals surface area (Å²) < 4.78 is 0. The zero-order valence-electron chi connectivity index (χ0n) is 7.68. The molecular weight excluding hydrogens is 168 g/mol. The molecule has 1 rings (SSSR count). The molecule has 0 radical (unpaired) electrons. The number of allylic oxidation sites excluding steroid dienone is 1. The van der Waals surface area contributed by atoms with Crippen molar-refractivity contribution in [3.8, 4) is 0 Å². The summed E-state index contributed by atoms with van der Waals surface area (Å²) in [5.74, 6) is -0.639. The summed E-state index contributed by atoms with van der Waals surface area (Å²) in [4.78, 5) is 22.0. The average molecular weight is 180 g/mol. The summed E-state index contributed by atoms with van der Waals surface area (Å²) in [6.07, 6.45) is 1.70. The van der Waals surface area contributed by atoms with Crippen LogP contribution >= 0.6 is 0 Å². The number of rotatable bonds is 1. The van der Waals surface area contributed by atoms with Gasteiger partial charge in [-0.05, 0) is 5.92 Å². The highest BCUT2D eigenvalue weighted by Crippen LogP contribution is 2.10. The second kappa shape index (κ2) is 3.51. The van der Waals surface area contributed by atoms with E-state index < -0.39 is 11.8 Å². The zero-order chi connectivity index (χ0) is 10.0. The van der Waals surface area contributed by atoms with Crippen molar-refractivity contribution in [1.82, 2.24) is 5.32 Å². The smallest absolute Gasteiger partial charge is 0.259 e. The molecule has 4 heteroatoms. The van der Waals surface area contributed by atoms with Crippen LogP contribution in [-0.2, 0) is 9.59 Å². The Morgan fingerprint density at radius 1 is 1.46 bits per heavy atom. The van der Waals surface area contributed by atoms with E-state index in [0.717, 1.165) is 0 Å². The van der Waals surface area contributed by atoms with Gasteiger partial charge in [-0.1, -0.05) is 19.9 Å². The minimum Gasteiger partial charge on any atom is -0.304 e. The van der Waals surface area contributed by atoms with Crippen LogP contribution in [0.5, 0.6) is 0 Å². The van der Waals surface area contributed by atoms with Crippen LogP contribution in [0.4, 0.5) is 0 Å². The van der Waals surface area contributed by atoms with Crippen molar-refractivity contribution in [2.75, 3.05) is 0 Å². The molecule has 0 spiro atoms. The predicted molar refractivity (Wildman–Crippen MR) is 48.4 cm³/mol. The van der Waals surface area contributed by atoms with Gasteiger partial charge in [0.05, 0.1) is 17.7 Å². The molecule has 4 nitrogen and oxygen atoms in total. The number of carbonyl (C=O) groups is 2. The normalized spacial score (nSPS) is 21.2. The minimum atomic E-state index is -0.449. The SMILES string of the molecule is CC(C)/C=C1\C(=N)CC(=O)NC1=O. The third-order valence-corrected chi connectivity index (χ3v) is 1.66. The van der Waals surface area contributed by atoms with Crippen LogP contribution in [0.15, 0.2) is 11.6 Å². The number of imide groups is 1. The van der Waals surface area contributed by atoms with Gasteiger partial charge in [0.1, 0.15) is 0 Å². The number of piperidine rings is 1. The van der Waals surface area contributed by atoms with Gasteiger partial charge in [-0.15, -0.1) is 0 Å². The highest BCUT2D eigenvalue weighted by atomic mass is 16.2. The van der Waals surface area contributed by atoms with Gasteiger partial charge < -0.3 is 5.41 Å². The van der Waals surface area contributed by atoms with E-state index in [1.54, 1.807) is 6.08 Å². The van der Waals surface area contributed by atoms with Gasteiger partial charge in [-0.3, -0.25) is 14.9 Å². The standard InChI is InChI=1S/C9H12N2O2/c1-5(2)3-6-7(10)4-8(12)11-9(6)13/h3,5,10H,4H2,1-2H3,(H,11,12,13)/b6-3+,10-7?. The van der Waals surface area contributed by atoms with Crippen molar-refractivity contribution in [3.63, 3.8) is 0 Å². The van der Waals surface area contributed by atoms with Crippen LogP contribution in [0.1, 0.15) is 20.3 Å². The highest BCUT2D eigenvalue weighted by Gasteiger charge is 2.25. The summed E-state index contributed by atoms with van der Waals surface area (Å²) in [5.41, 5.74) is 0.442. The Morgan fingerprint density at radius 2 is 2.08 bits per heavy atom. The van der Waals surface area contributed by atoms with Gasteiger partial charge in [-0.2, -0.15) is 0 Å². The summed E-state index contributed by atoms with van der Waals surface area (Å²) in [7, 11) is 0. The van der Waals surface area contributed by atoms with E-state index in [1.807, 2.05) is 13.8 Å². The largest absolute Gasteiger partial charge is 0.304 e. The van der Waals surface area contributed by atoms with Crippen LogP contribution in [0.25, 0.3) is 0 Å².